The molecule has 3 heterocycles. The maximum Gasteiger partial charge on any atom is 0.129 e. The van der Waals surface area contributed by atoms with Gasteiger partial charge in [0.2, 0.25) is 0 Å². The van der Waals surface area contributed by atoms with E-state index in [0.29, 0.717) is 0 Å². The monoisotopic (exact) mass is 243 g/mol. The van der Waals surface area contributed by atoms with Crippen molar-refractivity contribution >= 4 is 5.82 Å². The molecule has 2 aromatic heterocycles. The molecule has 2 N–H and O–H groups in total. The molecular formula is C13H17N5. The maximum absolute atomic E-state index is 5.91. The van der Waals surface area contributed by atoms with Crippen molar-refractivity contribution in [2.45, 2.75) is 26.1 Å². The lowest BCUT2D eigenvalue weighted by molar-refractivity contribution is 0.556. The first kappa shape index (κ1) is 11.2. The van der Waals surface area contributed by atoms with E-state index in [1.54, 1.807) is 0 Å². The van der Waals surface area contributed by atoms with Crippen molar-refractivity contribution in [1.29, 1.82) is 0 Å². The molecule has 94 valence electrons. The van der Waals surface area contributed by atoms with Crippen LogP contribution in [0.2, 0.25) is 0 Å². The average Bonchev–Trinajstić information content (AvgIpc) is 2.86. The van der Waals surface area contributed by atoms with Gasteiger partial charge in [-0.15, -0.1) is 0 Å². The number of fused-ring (bicyclic) bond motifs is 1. The van der Waals surface area contributed by atoms with Crippen LogP contribution in [0.4, 0.5) is 5.82 Å². The molecule has 3 rings (SSSR count). The summed E-state index contributed by atoms with van der Waals surface area (Å²) in [7, 11) is 0. The Morgan fingerprint density at radius 3 is 3.00 bits per heavy atom. The Balaban J connectivity index is 1.86. The molecule has 0 bridgehead atoms. The van der Waals surface area contributed by atoms with E-state index in [0.717, 1.165) is 36.8 Å². The Kier molecular flexibility index (Phi) is 2.76. The minimum Gasteiger partial charge on any atom is -0.347 e. The summed E-state index contributed by atoms with van der Waals surface area (Å²) < 4.78 is 2.19. The summed E-state index contributed by atoms with van der Waals surface area (Å²) in [6.07, 6.45) is 5.71. The first-order valence-corrected chi connectivity index (χ1v) is 6.20. The van der Waals surface area contributed by atoms with E-state index >= 15 is 0 Å². The van der Waals surface area contributed by atoms with Crippen LogP contribution in [0.3, 0.4) is 0 Å². The van der Waals surface area contributed by atoms with Gasteiger partial charge in [0.1, 0.15) is 11.6 Å². The molecule has 0 amide bonds. The first-order valence-electron chi connectivity index (χ1n) is 6.20. The number of hydrogen-bond acceptors (Lipinski definition) is 4. The predicted molar refractivity (Wildman–Crippen MR) is 70.1 cm³/mol. The third-order valence-electron chi connectivity index (χ3n) is 3.36. The van der Waals surface area contributed by atoms with Gasteiger partial charge in [-0.3, -0.25) is 0 Å². The van der Waals surface area contributed by atoms with E-state index in [1.165, 1.54) is 0 Å². The molecule has 1 unspecified atom stereocenters. The lowest BCUT2D eigenvalue weighted by Crippen LogP contribution is -2.34. The van der Waals surface area contributed by atoms with E-state index in [1.807, 2.05) is 31.6 Å². The first-order chi connectivity index (χ1) is 8.74. The van der Waals surface area contributed by atoms with Gasteiger partial charge in [0.05, 0.1) is 6.54 Å². The number of nitrogens with zero attached hydrogens (tertiary/aromatic N) is 4. The van der Waals surface area contributed by atoms with Crippen molar-refractivity contribution in [3.05, 3.63) is 42.1 Å². The van der Waals surface area contributed by atoms with E-state index in [-0.39, 0.29) is 6.04 Å². The predicted octanol–water partition coefficient (Wildman–Crippen LogP) is 1.32. The maximum atomic E-state index is 5.91. The standard InChI is InChI=1S/C13H17N5/c1-10(14)11-2-3-15-12(8-11)18-7-6-17-5-4-16-13(17)9-18/h2-5,8,10H,6-7,9,14H2,1H3. The fourth-order valence-corrected chi connectivity index (χ4v) is 2.26. The summed E-state index contributed by atoms with van der Waals surface area (Å²) in [6.45, 7) is 4.71. The number of hydrogen-bond donors (Lipinski definition) is 1. The highest BCUT2D eigenvalue weighted by Gasteiger charge is 2.18. The molecule has 0 aromatic carbocycles. The van der Waals surface area contributed by atoms with Gasteiger partial charge in [0, 0.05) is 37.7 Å². The molecular weight excluding hydrogens is 226 g/mol. The summed E-state index contributed by atoms with van der Waals surface area (Å²) in [6, 6.07) is 4.08. The largest absolute Gasteiger partial charge is 0.347 e. The summed E-state index contributed by atoms with van der Waals surface area (Å²) >= 11 is 0. The Morgan fingerprint density at radius 2 is 2.17 bits per heavy atom. The number of imidazole rings is 1. The van der Waals surface area contributed by atoms with Crippen LogP contribution in [0.15, 0.2) is 30.7 Å². The molecule has 0 spiro atoms. The zero-order chi connectivity index (χ0) is 12.5. The lowest BCUT2D eigenvalue weighted by Gasteiger charge is -2.29. The quantitative estimate of drug-likeness (QED) is 0.864. The number of nitrogens with two attached hydrogens (primary N) is 1. The zero-order valence-corrected chi connectivity index (χ0v) is 10.5. The molecule has 1 atom stereocenters. The van der Waals surface area contributed by atoms with Crippen LogP contribution < -0.4 is 10.6 Å². The molecule has 0 radical (unpaired) electrons. The number of aromatic nitrogens is 3. The summed E-state index contributed by atoms with van der Waals surface area (Å²) in [4.78, 5) is 11.0. The van der Waals surface area contributed by atoms with Crippen LogP contribution in [-0.4, -0.2) is 21.1 Å². The Bertz CT molecular complexity index is 546. The smallest absolute Gasteiger partial charge is 0.129 e. The third-order valence-corrected chi connectivity index (χ3v) is 3.36. The summed E-state index contributed by atoms with van der Waals surface area (Å²) in [5, 5.41) is 0. The molecule has 5 heteroatoms. The Labute approximate surface area is 106 Å². The second kappa shape index (κ2) is 4.42. The van der Waals surface area contributed by atoms with E-state index in [2.05, 4.69) is 25.5 Å². The topological polar surface area (TPSA) is 60.0 Å². The molecule has 0 fully saturated rings. The second-order valence-corrected chi connectivity index (χ2v) is 4.69. The van der Waals surface area contributed by atoms with Gasteiger partial charge in [0.15, 0.2) is 0 Å². The van der Waals surface area contributed by atoms with Crippen molar-refractivity contribution in [1.82, 2.24) is 14.5 Å². The molecule has 2 aromatic rings. The normalized spacial score (nSPS) is 16.4. The fraction of sp³-hybridized carbons (Fsp3) is 0.385. The number of anilines is 1. The van der Waals surface area contributed by atoms with Gasteiger partial charge in [0.25, 0.3) is 0 Å². The van der Waals surface area contributed by atoms with Crippen LogP contribution in [0.5, 0.6) is 0 Å². The van der Waals surface area contributed by atoms with Crippen LogP contribution >= 0.6 is 0 Å². The van der Waals surface area contributed by atoms with Crippen molar-refractivity contribution < 1.29 is 0 Å². The van der Waals surface area contributed by atoms with Crippen LogP contribution in [-0.2, 0) is 13.1 Å². The fourth-order valence-electron chi connectivity index (χ4n) is 2.26. The minimum absolute atomic E-state index is 0.0403. The molecule has 1 aliphatic heterocycles. The molecule has 18 heavy (non-hydrogen) atoms. The van der Waals surface area contributed by atoms with Crippen molar-refractivity contribution in [2.24, 2.45) is 5.73 Å². The van der Waals surface area contributed by atoms with Crippen LogP contribution in [0.1, 0.15) is 24.4 Å². The van der Waals surface area contributed by atoms with Gasteiger partial charge >= 0.3 is 0 Å². The second-order valence-electron chi connectivity index (χ2n) is 4.69. The van der Waals surface area contributed by atoms with E-state index < -0.39 is 0 Å². The Morgan fingerprint density at radius 1 is 1.28 bits per heavy atom. The van der Waals surface area contributed by atoms with Gasteiger partial charge in [-0.25, -0.2) is 9.97 Å². The third kappa shape index (κ3) is 1.97. The molecule has 5 nitrogen and oxygen atoms in total. The van der Waals surface area contributed by atoms with E-state index in [4.69, 9.17) is 5.73 Å². The molecule has 0 saturated carbocycles. The average molecular weight is 243 g/mol. The van der Waals surface area contributed by atoms with E-state index in [9.17, 15) is 0 Å². The van der Waals surface area contributed by atoms with Crippen molar-refractivity contribution in [2.75, 3.05) is 11.4 Å². The summed E-state index contributed by atoms with van der Waals surface area (Å²) in [5.41, 5.74) is 7.03. The molecule has 1 aliphatic rings. The van der Waals surface area contributed by atoms with Gasteiger partial charge in [-0.1, -0.05) is 0 Å². The van der Waals surface area contributed by atoms with Crippen molar-refractivity contribution in [3.63, 3.8) is 0 Å². The highest BCUT2D eigenvalue weighted by molar-refractivity contribution is 5.42. The van der Waals surface area contributed by atoms with Crippen molar-refractivity contribution in [3.8, 4) is 0 Å². The number of rotatable bonds is 2. The molecule has 0 aliphatic carbocycles. The summed E-state index contributed by atoms with van der Waals surface area (Å²) in [5.74, 6) is 2.08. The van der Waals surface area contributed by atoms with Crippen LogP contribution in [0.25, 0.3) is 0 Å². The Hall–Kier alpha value is -1.88. The van der Waals surface area contributed by atoms with Gasteiger partial charge in [-0.2, -0.15) is 0 Å². The van der Waals surface area contributed by atoms with Gasteiger partial charge in [-0.05, 0) is 24.6 Å². The number of pyridine rings is 1. The highest BCUT2D eigenvalue weighted by Crippen LogP contribution is 2.20. The molecule has 0 saturated heterocycles. The zero-order valence-electron chi connectivity index (χ0n) is 10.5. The SMILES string of the molecule is CC(N)c1ccnc(N2CCn3ccnc3C2)c1. The van der Waals surface area contributed by atoms with Crippen LogP contribution in [0, 0.1) is 0 Å². The van der Waals surface area contributed by atoms with Gasteiger partial charge < -0.3 is 15.2 Å². The minimum atomic E-state index is 0.0403. The highest BCUT2D eigenvalue weighted by atomic mass is 15.3. The lowest BCUT2D eigenvalue weighted by atomic mass is 10.1.